The van der Waals surface area contributed by atoms with E-state index in [9.17, 15) is 26.4 Å². The van der Waals surface area contributed by atoms with Crippen LogP contribution in [-0.2, 0) is 10.1 Å². The largest absolute Gasteiger partial charge is 0.366 e. The van der Waals surface area contributed by atoms with Gasteiger partial charge in [-0.2, -0.15) is 8.42 Å². The topological polar surface area (TPSA) is 110 Å². The van der Waals surface area contributed by atoms with Gasteiger partial charge in [0.2, 0.25) is 5.91 Å². The van der Waals surface area contributed by atoms with E-state index in [2.05, 4.69) is 4.98 Å². The maximum absolute atomic E-state index is 13.7. The molecule has 0 bridgehead atoms. The molecule has 1 amide bonds. The number of nitrogens with zero attached hydrogens (tertiary/aromatic N) is 1. The highest BCUT2D eigenvalue weighted by molar-refractivity contribution is 7.85. The average molecular weight is 410 g/mol. The molecular weight excluding hydrogens is 397 g/mol. The van der Waals surface area contributed by atoms with E-state index < -0.39 is 43.9 Å². The molecule has 0 aliphatic carbocycles. The Hall–Kier alpha value is -3.24. The summed E-state index contributed by atoms with van der Waals surface area (Å²) in [5.41, 5.74) is 5.19. The smallest absolute Gasteiger partial charge is 0.300 e. The fourth-order valence-electron chi connectivity index (χ4n) is 2.16. The minimum atomic E-state index is -5.18. The van der Waals surface area contributed by atoms with Gasteiger partial charge in [-0.25, -0.2) is 13.2 Å². The number of carbonyl (C=O) groups is 1. The fourth-order valence-corrected chi connectivity index (χ4v) is 2.78. The van der Waals surface area contributed by atoms with E-state index in [1.807, 2.05) is 0 Å². The first-order chi connectivity index (χ1) is 13.1. The van der Waals surface area contributed by atoms with Crippen LogP contribution < -0.4 is 5.73 Å². The van der Waals surface area contributed by atoms with Gasteiger partial charge in [-0.15, -0.1) is 0 Å². The Morgan fingerprint density at radius 1 is 0.964 bits per heavy atom. The second-order valence-electron chi connectivity index (χ2n) is 5.30. The molecule has 2 aromatic carbocycles. The zero-order valence-corrected chi connectivity index (χ0v) is 14.8. The molecule has 10 heteroatoms. The molecule has 3 N–H and O–H groups in total. The van der Waals surface area contributed by atoms with Crippen LogP contribution in [0.5, 0.6) is 0 Å². The minimum absolute atomic E-state index is 0.180. The molecule has 0 aliphatic rings. The average Bonchev–Trinajstić information content (AvgIpc) is 2.65. The fraction of sp³-hybridized carbons (Fsp3) is 0. The normalized spacial score (nSPS) is 10.7. The van der Waals surface area contributed by atoms with Crippen molar-refractivity contribution in [2.45, 2.75) is 4.90 Å². The first-order valence-electron chi connectivity index (χ1n) is 7.53. The van der Waals surface area contributed by atoms with Crippen molar-refractivity contribution in [1.29, 1.82) is 0 Å². The van der Waals surface area contributed by atoms with E-state index in [-0.39, 0.29) is 5.56 Å². The van der Waals surface area contributed by atoms with Crippen molar-refractivity contribution in [2.75, 3.05) is 0 Å². The van der Waals surface area contributed by atoms with E-state index >= 15 is 0 Å². The van der Waals surface area contributed by atoms with Crippen LogP contribution in [0.4, 0.5) is 13.2 Å². The van der Waals surface area contributed by atoms with Crippen molar-refractivity contribution in [2.24, 2.45) is 5.73 Å². The van der Waals surface area contributed by atoms with Gasteiger partial charge >= 0.3 is 10.1 Å². The molecule has 0 radical (unpaired) electrons. The van der Waals surface area contributed by atoms with Crippen LogP contribution in [0, 0.1) is 17.5 Å². The number of pyridine rings is 1. The quantitative estimate of drug-likeness (QED) is 0.509. The van der Waals surface area contributed by atoms with Crippen LogP contribution in [0.1, 0.15) is 10.4 Å². The molecule has 0 spiro atoms. The summed E-state index contributed by atoms with van der Waals surface area (Å²) in [7, 11) is -5.18. The molecule has 0 saturated heterocycles. The van der Waals surface area contributed by atoms with Crippen molar-refractivity contribution >= 4 is 16.0 Å². The summed E-state index contributed by atoms with van der Waals surface area (Å²) in [6.07, 6.45) is 3.06. The highest BCUT2D eigenvalue weighted by Crippen LogP contribution is 2.30. The number of aromatic nitrogens is 1. The van der Waals surface area contributed by atoms with Crippen molar-refractivity contribution in [3.8, 4) is 11.1 Å². The Labute approximate surface area is 158 Å². The summed E-state index contributed by atoms with van der Waals surface area (Å²) in [4.78, 5) is 12.4. The Morgan fingerprint density at radius 3 is 2.00 bits per heavy atom. The number of primary amides is 1. The van der Waals surface area contributed by atoms with E-state index in [1.54, 1.807) is 18.2 Å². The van der Waals surface area contributed by atoms with Crippen LogP contribution in [0.15, 0.2) is 65.8 Å². The maximum atomic E-state index is 13.7. The first-order valence-corrected chi connectivity index (χ1v) is 8.97. The molecule has 0 fully saturated rings. The molecule has 0 saturated carbocycles. The summed E-state index contributed by atoms with van der Waals surface area (Å²) in [6, 6.07) is 11.2. The van der Waals surface area contributed by atoms with Crippen LogP contribution in [0.2, 0.25) is 0 Å². The lowest BCUT2D eigenvalue weighted by Crippen LogP contribution is -2.10. The number of hydrogen-bond acceptors (Lipinski definition) is 4. The van der Waals surface area contributed by atoms with Crippen molar-refractivity contribution in [3.63, 3.8) is 0 Å². The second-order valence-corrected chi connectivity index (χ2v) is 6.66. The second kappa shape index (κ2) is 8.63. The number of amides is 1. The van der Waals surface area contributed by atoms with Gasteiger partial charge in [0.15, 0.2) is 16.5 Å². The van der Waals surface area contributed by atoms with Gasteiger partial charge in [0, 0.05) is 23.5 Å². The molecule has 3 rings (SSSR count). The minimum Gasteiger partial charge on any atom is -0.366 e. The Morgan fingerprint density at radius 2 is 1.54 bits per heavy atom. The van der Waals surface area contributed by atoms with Gasteiger partial charge in [0.1, 0.15) is 5.82 Å². The van der Waals surface area contributed by atoms with Gasteiger partial charge in [-0.1, -0.05) is 30.3 Å². The number of hydrogen-bond donors (Lipinski definition) is 2. The summed E-state index contributed by atoms with van der Waals surface area (Å²) in [6.45, 7) is 0. The molecule has 1 heterocycles. The lowest BCUT2D eigenvalue weighted by molar-refractivity contribution is 0.1000. The first kappa shape index (κ1) is 21.1. The molecule has 1 aromatic heterocycles. The molecule has 146 valence electrons. The Balaban J connectivity index is 0.000000261. The number of carbonyl (C=O) groups excluding carboxylic acids is 1. The summed E-state index contributed by atoms with van der Waals surface area (Å²) >= 11 is 0. The Kier molecular flexibility index (Phi) is 6.49. The molecule has 0 unspecified atom stereocenters. The number of nitrogens with two attached hydrogens (primary N) is 1. The predicted octanol–water partition coefficient (Wildman–Crippen LogP) is 3.20. The van der Waals surface area contributed by atoms with Crippen LogP contribution >= 0.6 is 0 Å². The van der Waals surface area contributed by atoms with Crippen LogP contribution in [-0.4, -0.2) is 23.9 Å². The zero-order valence-electron chi connectivity index (χ0n) is 14.0. The maximum Gasteiger partial charge on any atom is 0.300 e. The third-order valence-electron chi connectivity index (χ3n) is 3.42. The van der Waals surface area contributed by atoms with E-state index in [4.69, 9.17) is 10.3 Å². The molecule has 3 aromatic rings. The Bertz CT molecular complexity index is 1090. The summed E-state index contributed by atoms with van der Waals surface area (Å²) in [5, 5.41) is 0. The van der Waals surface area contributed by atoms with Gasteiger partial charge in [0.25, 0.3) is 0 Å². The number of halogens is 3. The van der Waals surface area contributed by atoms with Gasteiger partial charge in [-0.05, 0) is 23.8 Å². The van der Waals surface area contributed by atoms with Gasteiger partial charge < -0.3 is 5.73 Å². The van der Waals surface area contributed by atoms with Crippen molar-refractivity contribution < 1.29 is 30.9 Å². The van der Waals surface area contributed by atoms with Crippen molar-refractivity contribution in [3.05, 3.63) is 83.9 Å². The molecule has 0 aliphatic heterocycles. The van der Waals surface area contributed by atoms with E-state index in [1.165, 1.54) is 36.7 Å². The molecule has 6 nitrogen and oxygen atoms in total. The SMILES string of the molecule is NC(=O)c1ccncc1.O=S(=O)(O)c1c(F)cc(-c2ccccc2)c(F)c1F. The van der Waals surface area contributed by atoms with Crippen LogP contribution in [0.3, 0.4) is 0 Å². The third kappa shape index (κ3) is 4.93. The van der Waals surface area contributed by atoms with Crippen molar-refractivity contribution in [1.82, 2.24) is 4.98 Å². The third-order valence-corrected chi connectivity index (χ3v) is 4.31. The van der Waals surface area contributed by atoms with Gasteiger partial charge in [0.05, 0.1) is 0 Å². The summed E-state index contributed by atoms with van der Waals surface area (Å²) < 4.78 is 71.0. The lowest BCUT2D eigenvalue weighted by Gasteiger charge is -2.08. The van der Waals surface area contributed by atoms with Crippen LogP contribution in [0.25, 0.3) is 11.1 Å². The lowest BCUT2D eigenvalue weighted by atomic mass is 10.0. The molecule has 28 heavy (non-hydrogen) atoms. The summed E-state index contributed by atoms with van der Waals surface area (Å²) in [5.74, 6) is -5.46. The highest BCUT2D eigenvalue weighted by atomic mass is 32.2. The van der Waals surface area contributed by atoms with Gasteiger partial charge in [-0.3, -0.25) is 14.3 Å². The van der Waals surface area contributed by atoms with E-state index in [0.717, 1.165) is 0 Å². The number of benzene rings is 2. The zero-order chi connectivity index (χ0) is 20.9. The highest BCUT2D eigenvalue weighted by Gasteiger charge is 2.27. The van der Waals surface area contributed by atoms with E-state index in [0.29, 0.717) is 11.6 Å². The molecular formula is C18H13F3N2O4S. The number of rotatable bonds is 3. The standard InChI is InChI=1S/C12H7F3O3S.C6H6N2O/c13-9-6-8(7-4-2-1-3-5-7)10(14)11(15)12(9)19(16,17)18;7-6(9)5-1-3-8-4-2-5/h1-6H,(H,16,17,18);1-4H,(H2,7,9). The monoisotopic (exact) mass is 410 g/mol. The predicted molar refractivity (Wildman–Crippen MR) is 94.3 cm³/mol. The molecule has 0 atom stereocenters.